The lowest BCUT2D eigenvalue weighted by molar-refractivity contribution is -0.384. The molecule has 190 valence electrons. The number of carboxylic acid groups (broad SMARTS) is 1. The highest BCUT2D eigenvalue weighted by Crippen LogP contribution is 2.35. The summed E-state index contributed by atoms with van der Waals surface area (Å²) in [6.45, 7) is 1.92. The number of carboxylic acids is 1. The Morgan fingerprint density at radius 2 is 1.94 bits per heavy atom. The number of hydrogen-bond donors (Lipinski definition) is 2. The number of hydrogen-bond acceptors (Lipinski definition) is 6. The van der Waals surface area contributed by atoms with Crippen molar-refractivity contribution in [3.8, 4) is 5.75 Å². The van der Waals surface area contributed by atoms with Crippen LogP contribution in [0.15, 0.2) is 59.8 Å². The van der Waals surface area contributed by atoms with Gasteiger partial charge in [0.15, 0.2) is 0 Å². The Labute approximate surface area is 208 Å². The van der Waals surface area contributed by atoms with Crippen LogP contribution in [0, 0.1) is 10.1 Å². The third-order valence-corrected chi connectivity index (χ3v) is 5.98. The first kappa shape index (κ1) is 26.2. The molecule has 2 aromatic rings. The summed E-state index contributed by atoms with van der Waals surface area (Å²) in [5, 5.41) is 23.7. The van der Waals surface area contributed by atoms with Crippen molar-refractivity contribution < 1.29 is 29.2 Å². The summed E-state index contributed by atoms with van der Waals surface area (Å²) in [6, 6.07) is 11.3. The number of allylic oxidation sites excluding steroid dienone is 1. The number of methoxy groups -OCH3 is 1. The summed E-state index contributed by atoms with van der Waals surface area (Å²) >= 11 is 0. The third kappa shape index (κ3) is 5.98. The van der Waals surface area contributed by atoms with Crippen molar-refractivity contribution in [3.05, 3.63) is 81.0 Å². The van der Waals surface area contributed by atoms with Crippen LogP contribution in [0.25, 0.3) is 0 Å². The van der Waals surface area contributed by atoms with E-state index in [2.05, 4.69) is 5.32 Å². The highest BCUT2D eigenvalue weighted by Gasteiger charge is 2.38. The Bertz CT molecular complexity index is 1210. The van der Waals surface area contributed by atoms with Gasteiger partial charge in [-0.25, -0.2) is 9.59 Å². The number of carbonyl (C=O) groups is 3. The molecule has 11 heteroatoms. The second-order valence-electron chi connectivity index (χ2n) is 8.42. The van der Waals surface area contributed by atoms with Crippen molar-refractivity contribution >= 4 is 23.6 Å². The maximum absolute atomic E-state index is 12.8. The molecule has 0 spiro atoms. The minimum absolute atomic E-state index is 0.0717. The van der Waals surface area contributed by atoms with Crippen molar-refractivity contribution in [1.29, 1.82) is 0 Å². The molecular formula is C25H28N4O7. The summed E-state index contributed by atoms with van der Waals surface area (Å²) in [5.41, 5.74) is 1.02. The summed E-state index contributed by atoms with van der Waals surface area (Å²) in [7, 11) is 3.21. The Hall–Kier alpha value is -4.41. The molecule has 0 bridgehead atoms. The number of urea groups is 1. The molecule has 2 aromatic carbocycles. The number of likely N-dealkylation sites (N-methyl/N-ethyl adjacent to an activating group) is 1. The van der Waals surface area contributed by atoms with E-state index in [0.29, 0.717) is 24.3 Å². The van der Waals surface area contributed by atoms with E-state index < -0.39 is 23.0 Å². The largest absolute Gasteiger partial charge is 0.497 e. The van der Waals surface area contributed by atoms with Gasteiger partial charge < -0.3 is 25.0 Å². The van der Waals surface area contributed by atoms with Gasteiger partial charge in [-0.15, -0.1) is 0 Å². The molecule has 1 heterocycles. The van der Waals surface area contributed by atoms with Crippen LogP contribution in [0.4, 0.5) is 10.5 Å². The van der Waals surface area contributed by atoms with Gasteiger partial charge in [0, 0.05) is 38.0 Å². The zero-order valence-corrected chi connectivity index (χ0v) is 20.3. The maximum atomic E-state index is 12.8. The summed E-state index contributed by atoms with van der Waals surface area (Å²) in [5.74, 6) is -0.702. The number of amides is 3. The van der Waals surface area contributed by atoms with E-state index in [4.69, 9.17) is 4.74 Å². The lowest BCUT2D eigenvalue weighted by atomic mass is 9.93. The van der Waals surface area contributed by atoms with Gasteiger partial charge in [-0.2, -0.15) is 0 Å². The number of non-ortho nitro benzene ring substituents is 1. The first-order chi connectivity index (χ1) is 17.1. The minimum atomic E-state index is -1.24. The molecule has 3 rings (SSSR count). The molecule has 0 aliphatic carbocycles. The molecule has 3 amide bonds. The van der Waals surface area contributed by atoms with E-state index in [0.717, 1.165) is 5.56 Å². The number of benzene rings is 2. The van der Waals surface area contributed by atoms with E-state index in [1.54, 1.807) is 43.3 Å². The number of aliphatic carboxylic acids is 1. The Kier molecular flexibility index (Phi) is 8.26. The van der Waals surface area contributed by atoms with E-state index in [-0.39, 0.29) is 35.8 Å². The highest BCUT2D eigenvalue weighted by atomic mass is 16.6. The molecule has 36 heavy (non-hydrogen) atoms. The molecule has 0 radical (unpaired) electrons. The lowest BCUT2D eigenvalue weighted by Gasteiger charge is -2.37. The third-order valence-electron chi connectivity index (χ3n) is 5.98. The van der Waals surface area contributed by atoms with Gasteiger partial charge in [-0.1, -0.05) is 24.3 Å². The number of carbonyl (C=O) groups excluding carboxylic acids is 2. The van der Waals surface area contributed by atoms with Gasteiger partial charge in [0.05, 0.1) is 30.1 Å². The van der Waals surface area contributed by atoms with E-state index >= 15 is 0 Å². The van der Waals surface area contributed by atoms with Gasteiger partial charge in [0.25, 0.3) is 5.69 Å². The number of rotatable bonds is 10. The maximum Gasteiger partial charge on any atom is 0.335 e. The van der Waals surface area contributed by atoms with Gasteiger partial charge in [0.2, 0.25) is 5.91 Å². The zero-order chi connectivity index (χ0) is 26.4. The van der Waals surface area contributed by atoms with Gasteiger partial charge >= 0.3 is 12.0 Å². The quantitative estimate of drug-likeness (QED) is 0.380. The van der Waals surface area contributed by atoms with Crippen LogP contribution < -0.4 is 10.1 Å². The molecule has 0 saturated carbocycles. The van der Waals surface area contributed by atoms with Crippen LogP contribution in [0.2, 0.25) is 0 Å². The predicted octanol–water partition coefficient (Wildman–Crippen LogP) is 3.12. The molecule has 0 fully saturated rings. The van der Waals surface area contributed by atoms with Gasteiger partial charge in [0.1, 0.15) is 5.75 Å². The molecule has 1 atom stereocenters. The fraction of sp³-hybridized carbons (Fsp3) is 0.320. The zero-order valence-electron chi connectivity index (χ0n) is 20.3. The van der Waals surface area contributed by atoms with Crippen molar-refractivity contribution in [2.24, 2.45) is 0 Å². The number of ether oxygens (including phenoxy) is 1. The molecular weight excluding hydrogens is 468 g/mol. The fourth-order valence-electron chi connectivity index (χ4n) is 4.14. The predicted molar refractivity (Wildman–Crippen MR) is 130 cm³/mol. The van der Waals surface area contributed by atoms with Crippen LogP contribution in [0.1, 0.15) is 30.5 Å². The van der Waals surface area contributed by atoms with Gasteiger partial charge in [-0.3, -0.25) is 14.9 Å². The van der Waals surface area contributed by atoms with Crippen molar-refractivity contribution in [2.45, 2.75) is 25.8 Å². The molecule has 2 N–H and O–H groups in total. The molecule has 1 aliphatic rings. The monoisotopic (exact) mass is 496 g/mol. The van der Waals surface area contributed by atoms with Crippen molar-refractivity contribution in [3.63, 3.8) is 0 Å². The standard InChI is InChI=1S/C25H28N4O7/c1-16-22(24(31)32)23(18-8-5-9-19(15-18)29(34)35)28(25(33)26-16)12-6-11-27(2)21(30)14-17-7-4-10-20(13-17)36-3/h4-5,7-10,13,15,23H,6,11-12,14H2,1-3H3,(H,26,33)(H,31,32). The van der Waals surface area contributed by atoms with E-state index in [9.17, 15) is 29.6 Å². The molecule has 1 unspecified atom stereocenters. The average molecular weight is 497 g/mol. The van der Waals surface area contributed by atoms with Crippen molar-refractivity contribution in [1.82, 2.24) is 15.1 Å². The molecule has 0 saturated heterocycles. The number of nitrogens with one attached hydrogen (secondary N) is 1. The first-order valence-corrected chi connectivity index (χ1v) is 11.2. The van der Waals surface area contributed by atoms with Crippen LogP contribution in [0.5, 0.6) is 5.75 Å². The number of nitro groups is 1. The smallest absolute Gasteiger partial charge is 0.335 e. The van der Waals surface area contributed by atoms with E-state index in [1.807, 2.05) is 6.07 Å². The molecule has 0 aromatic heterocycles. The highest BCUT2D eigenvalue weighted by molar-refractivity contribution is 5.93. The normalized spacial score (nSPS) is 15.4. The minimum Gasteiger partial charge on any atom is -0.497 e. The average Bonchev–Trinajstić information content (AvgIpc) is 2.84. The SMILES string of the molecule is COc1cccc(CC(=O)N(C)CCCN2C(=O)NC(C)=C(C(=O)O)C2c2cccc([N+](=O)[O-])c2)c1. The Morgan fingerprint density at radius 3 is 2.61 bits per heavy atom. The second-order valence-corrected chi connectivity index (χ2v) is 8.42. The van der Waals surface area contributed by atoms with Gasteiger partial charge in [-0.05, 0) is 36.6 Å². The van der Waals surface area contributed by atoms with Crippen LogP contribution in [0.3, 0.4) is 0 Å². The van der Waals surface area contributed by atoms with E-state index in [1.165, 1.54) is 30.0 Å². The fourth-order valence-corrected chi connectivity index (χ4v) is 4.14. The summed E-state index contributed by atoms with van der Waals surface area (Å²) in [6.07, 6.45) is 0.546. The summed E-state index contributed by atoms with van der Waals surface area (Å²) < 4.78 is 5.19. The lowest BCUT2D eigenvalue weighted by Crippen LogP contribution is -2.49. The van der Waals surface area contributed by atoms with Crippen LogP contribution in [-0.2, 0) is 16.0 Å². The summed E-state index contributed by atoms with van der Waals surface area (Å²) in [4.78, 5) is 51.2. The Morgan fingerprint density at radius 1 is 1.22 bits per heavy atom. The molecule has 1 aliphatic heterocycles. The van der Waals surface area contributed by atoms with Crippen molar-refractivity contribution in [2.75, 3.05) is 27.2 Å². The topological polar surface area (TPSA) is 142 Å². The first-order valence-electron chi connectivity index (χ1n) is 11.2. The number of nitrogens with zero attached hydrogens (tertiary/aromatic N) is 3. The second kappa shape index (κ2) is 11.3. The van der Waals surface area contributed by atoms with Crippen LogP contribution in [-0.4, -0.2) is 65.0 Å². The van der Waals surface area contributed by atoms with Crippen LogP contribution >= 0.6 is 0 Å². The number of nitro benzene ring substituents is 1. The Balaban J connectivity index is 1.75. The molecule has 11 nitrogen and oxygen atoms in total.